The topological polar surface area (TPSA) is 36.3 Å². The molecular weight excluding hydrogens is 276 g/mol. The monoisotopic (exact) mass is 300 g/mol. The van der Waals surface area contributed by atoms with Crippen molar-refractivity contribution in [3.8, 4) is 5.75 Å². The van der Waals surface area contributed by atoms with Crippen molar-refractivity contribution in [1.29, 1.82) is 0 Å². The summed E-state index contributed by atoms with van der Waals surface area (Å²) >= 11 is 0. The number of nitrogens with zero attached hydrogens (tertiary/aromatic N) is 2. The zero-order valence-electron chi connectivity index (χ0n) is 13.4. The number of ether oxygens (including phenoxy) is 2. The van der Waals surface area contributed by atoms with Crippen molar-refractivity contribution >= 4 is 0 Å². The maximum absolute atomic E-state index is 5.81. The average Bonchev–Trinajstić information content (AvgIpc) is 2.96. The Morgan fingerprint density at radius 2 is 2.14 bits per heavy atom. The molecule has 0 N–H and O–H groups in total. The minimum absolute atomic E-state index is 0.0553. The largest absolute Gasteiger partial charge is 0.492 e. The summed E-state index contributed by atoms with van der Waals surface area (Å²) in [7, 11) is 0. The van der Waals surface area contributed by atoms with Crippen molar-refractivity contribution in [2.24, 2.45) is 0 Å². The van der Waals surface area contributed by atoms with Crippen LogP contribution in [0, 0.1) is 0 Å². The van der Waals surface area contributed by atoms with Gasteiger partial charge < -0.3 is 14.0 Å². The minimum Gasteiger partial charge on any atom is -0.492 e. The molecule has 1 saturated heterocycles. The molecule has 1 atom stereocenters. The van der Waals surface area contributed by atoms with Gasteiger partial charge in [-0.3, -0.25) is 0 Å². The lowest BCUT2D eigenvalue weighted by molar-refractivity contribution is -0.0607. The van der Waals surface area contributed by atoms with E-state index in [-0.39, 0.29) is 5.60 Å². The quantitative estimate of drug-likeness (QED) is 0.846. The second-order valence-corrected chi connectivity index (χ2v) is 6.44. The van der Waals surface area contributed by atoms with E-state index in [2.05, 4.69) is 23.4 Å². The summed E-state index contributed by atoms with van der Waals surface area (Å²) in [6.07, 6.45) is 6.00. The fourth-order valence-corrected chi connectivity index (χ4v) is 3.10. The number of hydrogen-bond acceptors (Lipinski definition) is 3. The molecule has 1 aromatic heterocycles. The standard InChI is InChI=1S/C18H24N2O2/c1-18(2)14-15(8-12-22-18)17-19-9-10-20(17)11-13-21-16-6-4-3-5-7-16/h3-7,9-10,15H,8,11-14H2,1-2H3. The first-order valence-corrected chi connectivity index (χ1v) is 7.97. The van der Waals surface area contributed by atoms with E-state index in [4.69, 9.17) is 9.47 Å². The highest BCUT2D eigenvalue weighted by Gasteiger charge is 2.31. The van der Waals surface area contributed by atoms with Gasteiger partial charge in [0.25, 0.3) is 0 Å². The molecule has 0 spiro atoms. The number of rotatable bonds is 5. The van der Waals surface area contributed by atoms with Crippen LogP contribution >= 0.6 is 0 Å². The van der Waals surface area contributed by atoms with Crippen molar-refractivity contribution in [2.45, 2.75) is 44.8 Å². The third-order valence-electron chi connectivity index (χ3n) is 4.15. The maximum Gasteiger partial charge on any atom is 0.119 e. The van der Waals surface area contributed by atoms with Crippen LogP contribution in [0.15, 0.2) is 42.7 Å². The fraction of sp³-hybridized carbons (Fsp3) is 0.500. The van der Waals surface area contributed by atoms with E-state index in [9.17, 15) is 0 Å². The predicted octanol–water partition coefficient (Wildman–Crippen LogP) is 3.63. The van der Waals surface area contributed by atoms with Crippen LogP contribution in [0.1, 0.15) is 38.4 Å². The Balaban J connectivity index is 1.60. The van der Waals surface area contributed by atoms with Crippen LogP contribution in [-0.2, 0) is 11.3 Å². The molecule has 0 bridgehead atoms. The van der Waals surface area contributed by atoms with Gasteiger partial charge in [-0.15, -0.1) is 0 Å². The van der Waals surface area contributed by atoms with Crippen LogP contribution < -0.4 is 4.74 Å². The van der Waals surface area contributed by atoms with Crippen LogP contribution in [0.2, 0.25) is 0 Å². The molecule has 0 amide bonds. The molecular formula is C18H24N2O2. The van der Waals surface area contributed by atoms with Gasteiger partial charge >= 0.3 is 0 Å². The van der Waals surface area contributed by atoms with Crippen molar-refractivity contribution in [3.05, 3.63) is 48.5 Å². The average molecular weight is 300 g/mol. The Morgan fingerprint density at radius 1 is 1.32 bits per heavy atom. The van der Waals surface area contributed by atoms with Crippen molar-refractivity contribution in [2.75, 3.05) is 13.2 Å². The lowest BCUT2D eigenvalue weighted by atomic mass is 9.88. The predicted molar refractivity (Wildman–Crippen MR) is 86.2 cm³/mol. The van der Waals surface area contributed by atoms with E-state index >= 15 is 0 Å². The van der Waals surface area contributed by atoms with Crippen LogP contribution in [-0.4, -0.2) is 28.4 Å². The first kappa shape index (κ1) is 15.1. The highest BCUT2D eigenvalue weighted by Crippen LogP contribution is 2.34. The molecule has 0 aliphatic carbocycles. The smallest absolute Gasteiger partial charge is 0.119 e. The maximum atomic E-state index is 5.81. The molecule has 2 aromatic rings. The van der Waals surface area contributed by atoms with E-state index in [1.165, 1.54) is 0 Å². The molecule has 4 nitrogen and oxygen atoms in total. The molecule has 1 fully saturated rings. The van der Waals surface area contributed by atoms with Gasteiger partial charge in [-0.1, -0.05) is 18.2 Å². The Bertz CT molecular complexity index is 592. The normalized spacial score (nSPS) is 20.7. The molecule has 1 unspecified atom stereocenters. The van der Waals surface area contributed by atoms with Gasteiger partial charge in [0.2, 0.25) is 0 Å². The SMILES string of the molecule is CC1(C)CC(c2nccn2CCOc2ccccc2)CCO1. The van der Waals surface area contributed by atoms with Gasteiger partial charge in [0.1, 0.15) is 18.2 Å². The lowest BCUT2D eigenvalue weighted by Crippen LogP contribution is -2.34. The highest BCUT2D eigenvalue weighted by atomic mass is 16.5. The Morgan fingerprint density at radius 3 is 2.91 bits per heavy atom. The molecule has 1 aliphatic rings. The summed E-state index contributed by atoms with van der Waals surface area (Å²) in [4.78, 5) is 4.58. The molecule has 0 saturated carbocycles. The van der Waals surface area contributed by atoms with Gasteiger partial charge in [0.15, 0.2) is 0 Å². The van der Waals surface area contributed by atoms with Gasteiger partial charge in [-0.25, -0.2) is 4.98 Å². The van der Waals surface area contributed by atoms with Crippen LogP contribution in [0.25, 0.3) is 0 Å². The number of benzene rings is 1. The molecule has 2 heterocycles. The van der Waals surface area contributed by atoms with E-state index in [0.717, 1.165) is 37.6 Å². The first-order valence-electron chi connectivity index (χ1n) is 7.97. The van der Waals surface area contributed by atoms with E-state index in [1.54, 1.807) is 0 Å². The Kier molecular flexibility index (Phi) is 4.48. The van der Waals surface area contributed by atoms with Crippen molar-refractivity contribution in [3.63, 3.8) is 0 Å². The summed E-state index contributed by atoms with van der Waals surface area (Å²) < 4.78 is 13.8. The number of aromatic nitrogens is 2. The van der Waals surface area contributed by atoms with E-state index in [0.29, 0.717) is 12.5 Å². The molecule has 1 aromatic carbocycles. The Labute approximate surface area is 132 Å². The second kappa shape index (κ2) is 6.53. The molecule has 22 heavy (non-hydrogen) atoms. The summed E-state index contributed by atoms with van der Waals surface area (Å²) in [6, 6.07) is 9.93. The summed E-state index contributed by atoms with van der Waals surface area (Å²) in [5.41, 5.74) is -0.0553. The highest BCUT2D eigenvalue weighted by molar-refractivity contribution is 5.20. The summed E-state index contributed by atoms with van der Waals surface area (Å²) in [6.45, 7) is 6.60. The Hall–Kier alpha value is -1.81. The molecule has 0 radical (unpaired) electrons. The molecule has 1 aliphatic heterocycles. The molecule has 3 rings (SSSR count). The number of hydrogen-bond donors (Lipinski definition) is 0. The fourth-order valence-electron chi connectivity index (χ4n) is 3.10. The van der Waals surface area contributed by atoms with E-state index < -0.39 is 0 Å². The molecule has 118 valence electrons. The molecule has 4 heteroatoms. The third-order valence-corrected chi connectivity index (χ3v) is 4.15. The zero-order valence-corrected chi connectivity index (χ0v) is 13.4. The summed E-state index contributed by atoms with van der Waals surface area (Å²) in [5, 5.41) is 0. The van der Waals surface area contributed by atoms with Crippen molar-refractivity contribution in [1.82, 2.24) is 9.55 Å². The van der Waals surface area contributed by atoms with Crippen LogP contribution in [0.3, 0.4) is 0 Å². The summed E-state index contributed by atoms with van der Waals surface area (Å²) in [5.74, 6) is 2.54. The van der Waals surface area contributed by atoms with E-state index in [1.807, 2.05) is 42.7 Å². The van der Waals surface area contributed by atoms with Gasteiger partial charge in [-0.05, 0) is 38.8 Å². The van der Waals surface area contributed by atoms with Crippen LogP contribution in [0.5, 0.6) is 5.75 Å². The first-order chi connectivity index (χ1) is 10.6. The lowest BCUT2D eigenvalue weighted by Gasteiger charge is -2.35. The zero-order chi connectivity index (χ0) is 15.4. The van der Waals surface area contributed by atoms with Crippen molar-refractivity contribution < 1.29 is 9.47 Å². The third kappa shape index (κ3) is 3.69. The number of imidazole rings is 1. The number of para-hydroxylation sites is 1. The second-order valence-electron chi connectivity index (χ2n) is 6.44. The van der Waals surface area contributed by atoms with Crippen LogP contribution in [0.4, 0.5) is 0 Å². The van der Waals surface area contributed by atoms with Gasteiger partial charge in [-0.2, -0.15) is 0 Å². The van der Waals surface area contributed by atoms with Gasteiger partial charge in [0, 0.05) is 24.9 Å². The van der Waals surface area contributed by atoms with Gasteiger partial charge in [0.05, 0.1) is 12.1 Å². The minimum atomic E-state index is -0.0553.